The molecular weight excluding hydrogens is 284 g/mol. The number of aryl methyl sites for hydroxylation is 2. The smallest absolute Gasteiger partial charge is 0.101 e. The van der Waals surface area contributed by atoms with Gasteiger partial charge in [-0.15, -0.1) is 0 Å². The Morgan fingerprint density at radius 3 is 2.75 bits per heavy atom. The summed E-state index contributed by atoms with van der Waals surface area (Å²) in [6.07, 6.45) is 3.58. The highest BCUT2D eigenvalue weighted by Crippen LogP contribution is 2.31. The molecule has 0 amide bonds. The van der Waals surface area contributed by atoms with Crippen LogP contribution in [-0.4, -0.2) is 9.97 Å². The SMILES string of the molecule is Cc1cc(C)nc(Sc2ccncc2Br)c1. The second-order valence-corrected chi connectivity index (χ2v) is 5.45. The molecule has 0 saturated carbocycles. The average molecular weight is 295 g/mol. The molecule has 0 fully saturated rings. The van der Waals surface area contributed by atoms with E-state index in [0.717, 1.165) is 20.1 Å². The first-order valence-electron chi connectivity index (χ1n) is 4.88. The zero-order valence-corrected chi connectivity index (χ0v) is 11.5. The molecule has 4 heteroatoms. The van der Waals surface area contributed by atoms with E-state index in [9.17, 15) is 0 Å². The molecule has 0 atom stereocenters. The van der Waals surface area contributed by atoms with Gasteiger partial charge in [-0.05, 0) is 53.5 Å². The van der Waals surface area contributed by atoms with Crippen LogP contribution in [0, 0.1) is 13.8 Å². The summed E-state index contributed by atoms with van der Waals surface area (Å²) in [6.45, 7) is 4.10. The number of pyridine rings is 2. The van der Waals surface area contributed by atoms with Gasteiger partial charge in [0.05, 0.1) is 0 Å². The molecule has 0 bridgehead atoms. The molecule has 0 aromatic carbocycles. The van der Waals surface area contributed by atoms with Crippen LogP contribution in [0.15, 0.2) is 45.0 Å². The van der Waals surface area contributed by atoms with E-state index in [1.807, 2.05) is 13.0 Å². The van der Waals surface area contributed by atoms with Crippen LogP contribution < -0.4 is 0 Å². The van der Waals surface area contributed by atoms with Crippen molar-refractivity contribution in [2.75, 3.05) is 0 Å². The van der Waals surface area contributed by atoms with Crippen molar-refractivity contribution in [2.45, 2.75) is 23.8 Å². The fourth-order valence-electron chi connectivity index (χ4n) is 1.41. The zero-order chi connectivity index (χ0) is 11.5. The first-order chi connectivity index (χ1) is 7.65. The maximum Gasteiger partial charge on any atom is 0.101 e. The number of nitrogens with zero attached hydrogens (tertiary/aromatic N) is 2. The van der Waals surface area contributed by atoms with Crippen LogP contribution in [0.5, 0.6) is 0 Å². The predicted octanol–water partition coefficient (Wildman–Crippen LogP) is 4.01. The molecule has 0 aliphatic carbocycles. The lowest BCUT2D eigenvalue weighted by Gasteiger charge is -2.05. The van der Waals surface area contributed by atoms with Crippen LogP contribution in [0.4, 0.5) is 0 Å². The lowest BCUT2D eigenvalue weighted by Crippen LogP contribution is -1.87. The molecule has 0 spiro atoms. The molecule has 2 rings (SSSR count). The summed E-state index contributed by atoms with van der Waals surface area (Å²) in [7, 11) is 0. The summed E-state index contributed by atoms with van der Waals surface area (Å²) >= 11 is 5.12. The summed E-state index contributed by atoms with van der Waals surface area (Å²) < 4.78 is 1.00. The Kier molecular flexibility index (Phi) is 3.61. The Balaban J connectivity index is 2.30. The molecule has 0 aliphatic heterocycles. The first kappa shape index (κ1) is 11.6. The van der Waals surface area contributed by atoms with Gasteiger partial charge in [-0.3, -0.25) is 4.98 Å². The third-order valence-corrected chi connectivity index (χ3v) is 3.91. The third kappa shape index (κ3) is 2.83. The van der Waals surface area contributed by atoms with Crippen molar-refractivity contribution in [1.29, 1.82) is 0 Å². The molecule has 0 unspecified atom stereocenters. The van der Waals surface area contributed by atoms with E-state index >= 15 is 0 Å². The Morgan fingerprint density at radius 2 is 2.06 bits per heavy atom. The van der Waals surface area contributed by atoms with Crippen LogP contribution in [-0.2, 0) is 0 Å². The number of aromatic nitrogens is 2. The highest BCUT2D eigenvalue weighted by Gasteiger charge is 2.04. The fraction of sp³-hybridized carbons (Fsp3) is 0.167. The molecule has 2 aromatic heterocycles. The van der Waals surface area contributed by atoms with Crippen molar-refractivity contribution < 1.29 is 0 Å². The molecule has 0 radical (unpaired) electrons. The van der Waals surface area contributed by atoms with E-state index in [-0.39, 0.29) is 0 Å². The quantitative estimate of drug-likeness (QED) is 0.837. The summed E-state index contributed by atoms with van der Waals surface area (Å²) in [5.74, 6) is 0. The maximum atomic E-state index is 4.49. The number of halogens is 1. The summed E-state index contributed by atoms with van der Waals surface area (Å²) in [4.78, 5) is 9.67. The monoisotopic (exact) mass is 294 g/mol. The van der Waals surface area contributed by atoms with Gasteiger partial charge in [-0.2, -0.15) is 0 Å². The van der Waals surface area contributed by atoms with E-state index in [1.54, 1.807) is 24.2 Å². The Morgan fingerprint density at radius 1 is 1.25 bits per heavy atom. The summed E-state index contributed by atoms with van der Waals surface area (Å²) in [6, 6.07) is 6.14. The number of hydrogen-bond donors (Lipinski definition) is 0. The van der Waals surface area contributed by atoms with E-state index in [1.165, 1.54) is 5.56 Å². The topological polar surface area (TPSA) is 25.8 Å². The number of hydrogen-bond acceptors (Lipinski definition) is 3. The fourth-order valence-corrected chi connectivity index (χ4v) is 2.85. The highest BCUT2D eigenvalue weighted by molar-refractivity contribution is 9.10. The van der Waals surface area contributed by atoms with Gasteiger partial charge in [-0.1, -0.05) is 11.8 Å². The Bertz CT molecular complexity index is 494. The second-order valence-electron chi connectivity index (χ2n) is 3.53. The maximum absolute atomic E-state index is 4.49. The molecule has 2 nitrogen and oxygen atoms in total. The first-order valence-corrected chi connectivity index (χ1v) is 6.49. The van der Waals surface area contributed by atoms with Crippen molar-refractivity contribution in [3.05, 3.63) is 46.3 Å². The van der Waals surface area contributed by atoms with Gasteiger partial charge >= 0.3 is 0 Å². The number of rotatable bonds is 2. The van der Waals surface area contributed by atoms with Gasteiger partial charge in [-0.25, -0.2) is 4.98 Å². The van der Waals surface area contributed by atoms with Gasteiger partial charge in [0.1, 0.15) is 5.03 Å². The molecule has 2 aromatic rings. The minimum atomic E-state index is 1.00. The molecular formula is C12H11BrN2S. The largest absolute Gasteiger partial charge is 0.263 e. The van der Waals surface area contributed by atoms with Gasteiger partial charge in [0, 0.05) is 27.5 Å². The third-order valence-electron chi connectivity index (χ3n) is 2.02. The Hall–Kier alpha value is -0.870. The molecule has 0 aliphatic rings. The zero-order valence-electron chi connectivity index (χ0n) is 9.07. The standard InChI is InChI=1S/C12H11BrN2S/c1-8-5-9(2)15-12(6-8)16-11-3-4-14-7-10(11)13/h3-7H,1-2H3. The van der Waals surface area contributed by atoms with Crippen LogP contribution in [0.25, 0.3) is 0 Å². The van der Waals surface area contributed by atoms with Gasteiger partial charge < -0.3 is 0 Å². The van der Waals surface area contributed by atoms with Crippen LogP contribution in [0.2, 0.25) is 0 Å². The van der Waals surface area contributed by atoms with Crippen LogP contribution in [0.3, 0.4) is 0 Å². The molecule has 0 N–H and O–H groups in total. The average Bonchev–Trinajstić information content (AvgIpc) is 2.20. The molecule has 16 heavy (non-hydrogen) atoms. The highest BCUT2D eigenvalue weighted by atomic mass is 79.9. The van der Waals surface area contributed by atoms with Crippen molar-refractivity contribution in [1.82, 2.24) is 9.97 Å². The van der Waals surface area contributed by atoms with E-state index < -0.39 is 0 Å². The van der Waals surface area contributed by atoms with Crippen molar-refractivity contribution >= 4 is 27.7 Å². The summed E-state index contributed by atoms with van der Waals surface area (Å²) in [5.41, 5.74) is 2.29. The predicted molar refractivity (Wildman–Crippen MR) is 69.8 cm³/mol. The molecule has 2 heterocycles. The lowest BCUT2D eigenvalue weighted by atomic mass is 10.3. The van der Waals surface area contributed by atoms with Crippen molar-refractivity contribution in [3.8, 4) is 0 Å². The van der Waals surface area contributed by atoms with E-state index in [2.05, 4.69) is 45.0 Å². The minimum Gasteiger partial charge on any atom is -0.263 e. The van der Waals surface area contributed by atoms with E-state index in [4.69, 9.17) is 0 Å². The molecule has 82 valence electrons. The molecule has 0 saturated heterocycles. The van der Waals surface area contributed by atoms with Gasteiger partial charge in [0.2, 0.25) is 0 Å². The van der Waals surface area contributed by atoms with Gasteiger partial charge in [0.15, 0.2) is 0 Å². The van der Waals surface area contributed by atoms with E-state index in [0.29, 0.717) is 0 Å². The van der Waals surface area contributed by atoms with Crippen LogP contribution >= 0.6 is 27.7 Å². The van der Waals surface area contributed by atoms with Crippen LogP contribution in [0.1, 0.15) is 11.3 Å². The lowest BCUT2D eigenvalue weighted by molar-refractivity contribution is 1.04. The second kappa shape index (κ2) is 4.97. The van der Waals surface area contributed by atoms with Gasteiger partial charge in [0.25, 0.3) is 0 Å². The minimum absolute atomic E-state index is 1.00. The summed E-state index contributed by atoms with van der Waals surface area (Å²) in [5, 5.41) is 1.02. The normalized spacial score (nSPS) is 10.4. The van der Waals surface area contributed by atoms with Crippen molar-refractivity contribution in [2.24, 2.45) is 0 Å². The van der Waals surface area contributed by atoms with Crippen molar-refractivity contribution in [3.63, 3.8) is 0 Å². The Labute approximate surface area is 108 Å².